The monoisotopic (exact) mass is 291 g/mol. The molecule has 3 heteroatoms. The molecule has 1 heterocycles. The van der Waals surface area contributed by atoms with E-state index in [1.165, 1.54) is 5.56 Å². The standard InChI is InChI=1S/C18H29NO2/c1-14(2)21-17-7-5-15(6-8-17)12-19-13-16-9-10-20-18(3,4)11-16/h5-8,14,16,19H,9-13H2,1-4H3/t16-/m0/s1. The van der Waals surface area contributed by atoms with E-state index in [-0.39, 0.29) is 11.7 Å². The van der Waals surface area contributed by atoms with Crippen LogP contribution in [0.2, 0.25) is 0 Å². The molecule has 2 rings (SSSR count). The van der Waals surface area contributed by atoms with E-state index in [9.17, 15) is 0 Å². The number of ether oxygens (including phenoxy) is 2. The van der Waals surface area contributed by atoms with Crippen LogP contribution in [-0.2, 0) is 11.3 Å². The smallest absolute Gasteiger partial charge is 0.119 e. The molecule has 1 N–H and O–H groups in total. The number of rotatable bonds is 6. The van der Waals surface area contributed by atoms with Gasteiger partial charge in [0.15, 0.2) is 0 Å². The summed E-state index contributed by atoms with van der Waals surface area (Å²) in [5, 5.41) is 3.57. The average molecular weight is 291 g/mol. The van der Waals surface area contributed by atoms with Gasteiger partial charge < -0.3 is 14.8 Å². The first-order chi connectivity index (χ1) is 9.94. The van der Waals surface area contributed by atoms with Gasteiger partial charge in [-0.1, -0.05) is 12.1 Å². The summed E-state index contributed by atoms with van der Waals surface area (Å²) >= 11 is 0. The number of hydrogen-bond acceptors (Lipinski definition) is 3. The van der Waals surface area contributed by atoms with E-state index in [1.54, 1.807) is 0 Å². The minimum Gasteiger partial charge on any atom is -0.491 e. The third-order valence-corrected chi connectivity index (χ3v) is 3.86. The Balaban J connectivity index is 1.73. The van der Waals surface area contributed by atoms with Crippen molar-refractivity contribution >= 4 is 0 Å². The fraction of sp³-hybridized carbons (Fsp3) is 0.667. The Labute approximate surface area is 129 Å². The molecule has 1 fully saturated rings. The summed E-state index contributed by atoms with van der Waals surface area (Å²) in [7, 11) is 0. The summed E-state index contributed by atoms with van der Waals surface area (Å²) in [6.07, 6.45) is 2.53. The van der Waals surface area contributed by atoms with Crippen molar-refractivity contribution in [3.05, 3.63) is 29.8 Å². The van der Waals surface area contributed by atoms with Gasteiger partial charge in [0.1, 0.15) is 5.75 Å². The van der Waals surface area contributed by atoms with Crippen LogP contribution in [0.4, 0.5) is 0 Å². The van der Waals surface area contributed by atoms with Crippen LogP contribution in [-0.4, -0.2) is 24.9 Å². The SMILES string of the molecule is CC(C)Oc1ccc(CNC[C@H]2CCOC(C)(C)C2)cc1. The second-order valence-corrected chi connectivity index (χ2v) is 6.91. The van der Waals surface area contributed by atoms with E-state index in [1.807, 2.05) is 13.8 Å². The zero-order chi connectivity index (χ0) is 15.3. The average Bonchev–Trinajstić information content (AvgIpc) is 2.39. The molecule has 118 valence electrons. The van der Waals surface area contributed by atoms with Gasteiger partial charge in [-0.05, 0) is 70.7 Å². The van der Waals surface area contributed by atoms with Crippen LogP contribution in [0.1, 0.15) is 46.1 Å². The molecule has 3 nitrogen and oxygen atoms in total. The van der Waals surface area contributed by atoms with Gasteiger partial charge in [0.05, 0.1) is 11.7 Å². The molecule has 1 aliphatic rings. The van der Waals surface area contributed by atoms with Gasteiger partial charge in [-0.2, -0.15) is 0 Å². The lowest BCUT2D eigenvalue weighted by Crippen LogP contribution is -2.37. The van der Waals surface area contributed by atoms with E-state index >= 15 is 0 Å². The van der Waals surface area contributed by atoms with Crippen molar-refractivity contribution in [1.82, 2.24) is 5.32 Å². The van der Waals surface area contributed by atoms with Crippen LogP contribution in [0.15, 0.2) is 24.3 Å². The first kappa shape index (κ1) is 16.3. The molecular formula is C18H29NO2. The van der Waals surface area contributed by atoms with Crippen LogP contribution >= 0.6 is 0 Å². The van der Waals surface area contributed by atoms with Gasteiger partial charge in [-0.25, -0.2) is 0 Å². The van der Waals surface area contributed by atoms with Gasteiger partial charge in [0.25, 0.3) is 0 Å². The molecule has 0 amide bonds. The van der Waals surface area contributed by atoms with Gasteiger partial charge in [-0.3, -0.25) is 0 Å². The van der Waals surface area contributed by atoms with Crippen LogP contribution in [0.25, 0.3) is 0 Å². The molecule has 1 aromatic carbocycles. The van der Waals surface area contributed by atoms with E-state index in [4.69, 9.17) is 9.47 Å². The molecule has 1 aromatic rings. The van der Waals surface area contributed by atoms with Gasteiger partial charge in [0, 0.05) is 13.2 Å². The molecule has 0 bridgehead atoms. The van der Waals surface area contributed by atoms with Crippen molar-refractivity contribution in [1.29, 1.82) is 0 Å². The number of hydrogen-bond donors (Lipinski definition) is 1. The quantitative estimate of drug-likeness (QED) is 0.865. The van der Waals surface area contributed by atoms with Crippen molar-refractivity contribution < 1.29 is 9.47 Å². The minimum atomic E-state index is 0.0421. The molecule has 1 saturated heterocycles. The molecule has 0 saturated carbocycles. The Morgan fingerprint density at radius 2 is 2.00 bits per heavy atom. The maximum atomic E-state index is 5.76. The summed E-state index contributed by atoms with van der Waals surface area (Å²) in [4.78, 5) is 0. The lowest BCUT2D eigenvalue weighted by Gasteiger charge is -2.35. The van der Waals surface area contributed by atoms with Crippen molar-refractivity contribution in [3.8, 4) is 5.75 Å². The number of benzene rings is 1. The van der Waals surface area contributed by atoms with Crippen molar-refractivity contribution in [2.24, 2.45) is 5.92 Å². The third kappa shape index (κ3) is 5.68. The van der Waals surface area contributed by atoms with Crippen molar-refractivity contribution in [2.45, 2.75) is 58.8 Å². The third-order valence-electron chi connectivity index (χ3n) is 3.86. The van der Waals surface area contributed by atoms with Crippen LogP contribution in [0, 0.1) is 5.92 Å². The van der Waals surface area contributed by atoms with E-state index in [2.05, 4.69) is 43.4 Å². The van der Waals surface area contributed by atoms with Crippen molar-refractivity contribution in [2.75, 3.05) is 13.2 Å². The highest BCUT2D eigenvalue weighted by Crippen LogP contribution is 2.28. The molecule has 21 heavy (non-hydrogen) atoms. The minimum absolute atomic E-state index is 0.0421. The van der Waals surface area contributed by atoms with E-state index in [0.29, 0.717) is 0 Å². The molecule has 0 spiro atoms. The highest BCUT2D eigenvalue weighted by Gasteiger charge is 2.28. The fourth-order valence-corrected chi connectivity index (χ4v) is 2.91. The summed E-state index contributed by atoms with van der Waals surface area (Å²) < 4.78 is 11.4. The molecular weight excluding hydrogens is 262 g/mol. The van der Waals surface area contributed by atoms with E-state index < -0.39 is 0 Å². The number of nitrogens with one attached hydrogen (secondary N) is 1. The van der Waals surface area contributed by atoms with Crippen molar-refractivity contribution in [3.63, 3.8) is 0 Å². The fourth-order valence-electron chi connectivity index (χ4n) is 2.91. The molecule has 0 aromatic heterocycles. The first-order valence-electron chi connectivity index (χ1n) is 8.05. The Morgan fingerprint density at radius 1 is 1.29 bits per heavy atom. The molecule has 0 aliphatic carbocycles. The first-order valence-corrected chi connectivity index (χ1v) is 8.05. The molecule has 1 aliphatic heterocycles. The molecule has 1 atom stereocenters. The second-order valence-electron chi connectivity index (χ2n) is 6.91. The Bertz CT molecular complexity index is 425. The summed E-state index contributed by atoms with van der Waals surface area (Å²) in [6, 6.07) is 8.38. The van der Waals surface area contributed by atoms with Crippen LogP contribution in [0.5, 0.6) is 5.75 Å². The lowest BCUT2D eigenvalue weighted by atomic mass is 9.88. The highest BCUT2D eigenvalue weighted by molar-refractivity contribution is 5.27. The summed E-state index contributed by atoms with van der Waals surface area (Å²) in [6.45, 7) is 11.3. The Hall–Kier alpha value is -1.06. The van der Waals surface area contributed by atoms with Gasteiger partial charge in [-0.15, -0.1) is 0 Å². The normalized spacial score (nSPS) is 21.5. The molecule has 0 radical (unpaired) electrons. The molecule has 0 unspecified atom stereocenters. The topological polar surface area (TPSA) is 30.5 Å². The Morgan fingerprint density at radius 3 is 2.62 bits per heavy atom. The van der Waals surface area contributed by atoms with Gasteiger partial charge >= 0.3 is 0 Å². The predicted molar refractivity (Wildman–Crippen MR) is 86.7 cm³/mol. The van der Waals surface area contributed by atoms with E-state index in [0.717, 1.165) is 44.2 Å². The predicted octanol–water partition coefficient (Wildman–Crippen LogP) is 3.77. The highest BCUT2D eigenvalue weighted by atomic mass is 16.5. The lowest BCUT2D eigenvalue weighted by molar-refractivity contribution is -0.0718. The Kier molecular flexibility index (Phi) is 5.65. The summed E-state index contributed by atoms with van der Waals surface area (Å²) in [5.74, 6) is 1.66. The zero-order valence-corrected chi connectivity index (χ0v) is 13.8. The van der Waals surface area contributed by atoms with Gasteiger partial charge in [0.2, 0.25) is 0 Å². The van der Waals surface area contributed by atoms with Crippen LogP contribution < -0.4 is 10.1 Å². The maximum absolute atomic E-state index is 5.76. The largest absolute Gasteiger partial charge is 0.491 e. The zero-order valence-electron chi connectivity index (χ0n) is 13.8. The summed E-state index contributed by atoms with van der Waals surface area (Å²) in [5.41, 5.74) is 1.35. The van der Waals surface area contributed by atoms with Crippen LogP contribution in [0.3, 0.4) is 0 Å². The second kappa shape index (κ2) is 7.28. The maximum Gasteiger partial charge on any atom is 0.119 e.